The Balaban J connectivity index is 2.08. The number of hydrogen-bond donors (Lipinski definition) is 1. The number of benzene rings is 1. The Labute approximate surface area is 88.6 Å². The molecule has 0 saturated carbocycles. The molecule has 0 radical (unpaired) electrons. The van der Waals surface area contributed by atoms with Gasteiger partial charge in [-0.3, -0.25) is 5.01 Å². The van der Waals surface area contributed by atoms with Crippen LogP contribution in [0, 0.1) is 0 Å². The molecule has 0 spiro atoms. The lowest BCUT2D eigenvalue weighted by Gasteiger charge is -2.22. The monoisotopic (exact) mass is 203 g/mol. The molecular weight excluding hydrogens is 190 g/mol. The van der Waals surface area contributed by atoms with Crippen molar-refractivity contribution in [2.24, 2.45) is 10.8 Å². The Hall–Kier alpha value is -1.81. The van der Waals surface area contributed by atoms with Crippen molar-refractivity contribution in [3.8, 4) is 5.75 Å². The number of nitrogens with zero attached hydrogens (tertiary/aromatic N) is 2. The minimum absolute atomic E-state index is 0.0892. The van der Waals surface area contributed by atoms with Crippen molar-refractivity contribution in [1.82, 2.24) is 5.01 Å². The first-order valence-electron chi connectivity index (χ1n) is 4.77. The molecule has 15 heavy (non-hydrogen) atoms. The van der Waals surface area contributed by atoms with Crippen LogP contribution in [0.15, 0.2) is 47.6 Å². The van der Waals surface area contributed by atoms with E-state index in [1.807, 2.05) is 37.3 Å². The summed E-state index contributed by atoms with van der Waals surface area (Å²) in [5.41, 5.74) is 0. The number of hydrazine groups is 1. The number of rotatable bonds is 1. The van der Waals surface area contributed by atoms with Crippen molar-refractivity contribution in [1.29, 1.82) is 0 Å². The molecule has 78 valence electrons. The Kier molecular flexibility index (Phi) is 2.69. The predicted octanol–water partition coefficient (Wildman–Crippen LogP) is 1.51. The van der Waals surface area contributed by atoms with Crippen LogP contribution in [0.3, 0.4) is 0 Å². The van der Waals surface area contributed by atoms with Crippen LogP contribution in [0.2, 0.25) is 0 Å². The molecule has 0 bridgehead atoms. The predicted molar refractivity (Wildman–Crippen MR) is 59.1 cm³/mol. The molecule has 0 amide bonds. The summed E-state index contributed by atoms with van der Waals surface area (Å²) in [6.45, 7) is 1.90. The molecule has 1 aromatic rings. The lowest BCUT2D eigenvalue weighted by molar-refractivity contribution is 0.302. The van der Waals surface area contributed by atoms with Crippen LogP contribution in [0.25, 0.3) is 0 Å². The maximum Gasteiger partial charge on any atom is 0.218 e. The van der Waals surface area contributed by atoms with E-state index in [1.165, 1.54) is 5.01 Å². The fraction of sp³-hybridized carbons (Fsp3) is 0.182. The van der Waals surface area contributed by atoms with Crippen LogP contribution in [-0.2, 0) is 0 Å². The van der Waals surface area contributed by atoms with Gasteiger partial charge in [0.15, 0.2) is 0 Å². The van der Waals surface area contributed by atoms with Gasteiger partial charge in [0.25, 0.3) is 0 Å². The van der Waals surface area contributed by atoms with E-state index in [4.69, 9.17) is 10.6 Å². The summed E-state index contributed by atoms with van der Waals surface area (Å²) in [4.78, 5) is 4.27. The van der Waals surface area contributed by atoms with Crippen molar-refractivity contribution >= 4 is 5.90 Å². The molecule has 1 atom stereocenters. The van der Waals surface area contributed by atoms with Crippen LogP contribution in [-0.4, -0.2) is 17.1 Å². The molecule has 1 aliphatic rings. The highest BCUT2D eigenvalue weighted by Gasteiger charge is 2.11. The smallest absolute Gasteiger partial charge is 0.218 e. The quantitative estimate of drug-likeness (QED) is 0.704. The maximum absolute atomic E-state index is 5.62. The Morgan fingerprint density at radius 3 is 2.73 bits per heavy atom. The van der Waals surface area contributed by atoms with Gasteiger partial charge in [0.1, 0.15) is 11.9 Å². The summed E-state index contributed by atoms with van der Waals surface area (Å²) in [6.07, 6.45) is 3.40. The second-order valence-corrected chi connectivity index (χ2v) is 3.28. The molecule has 0 aromatic heterocycles. The fourth-order valence-corrected chi connectivity index (χ4v) is 1.24. The van der Waals surface area contributed by atoms with Crippen LogP contribution >= 0.6 is 0 Å². The van der Waals surface area contributed by atoms with Gasteiger partial charge in [0.2, 0.25) is 5.90 Å². The van der Waals surface area contributed by atoms with Gasteiger partial charge in [0.05, 0.1) is 0 Å². The number of aliphatic imine (C=N–C) groups is 1. The maximum atomic E-state index is 5.62. The van der Waals surface area contributed by atoms with Gasteiger partial charge in [-0.25, -0.2) is 10.8 Å². The second-order valence-electron chi connectivity index (χ2n) is 3.28. The third kappa shape index (κ3) is 2.35. The normalized spacial score (nSPS) is 20.0. The van der Waals surface area contributed by atoms with E-state index >= 15 is 0 Å². The van der Waals surface area contributed by atoms with Crippen LogP contribution in [0.1, 0.15) is 6.92 Å². The minimum atomic E-state index is -0.0892. The van der Waals surface area contributed by atoms with Crippen molar-refractivity contribution in [3.63, 3.8) is 0 Å². The number of hydrogen-bond acceptors (Lipinski definition) is 4. The zero-order valence-corrected chi connectivity index (χ0v) is 8.50. The molecule has 0 fully saturated rings. The summed E-state index contributed by atoms with van der Waals surface area (Å²) in [7, 11) is 0. The lowest BCUT2D eigenvalue weighted by Crippen LogP contribution is -2.36. The van der Waals surface area contributed by atoms with Gasteiger partial charge in [0, 0.05) is 12.3 Å². The van der Waals surface area contributed by atoms with Crippen molar-refractivity contribution in [2.75, 3.05) is 0 Å². The van der Waals surface area contributed by atoms with Crippen LogP contribution in [0.5, 0.6) is 5.75 Å². The van der Waals surface area contributed by atoms with Crippen LogP contribution in [0.4, 0.5) is 0 Å². The molecule has 2 N–H and O–H groups in total. The molecule has 1 aliphatic heterocycles. The molecule has 4 heteroatoms. The van der Waals surface area contributed by atoms with Gasteiger partial charge < -0.3 is 4.74 Å². The SMILES string of the molecule is CC1N=C(Oc2ccccc2)C=CN1N. The van der Waals surface area contributed by atoms with E-state index in [2.05, 4.69) is 4.99 Å². The van der Waals surface area contributed by atoms with Crippen molar-refractivity contribution in [3.05, 3.63) is 42.6 Å². The summed E-state index contributed by atoms with van der Waals surface area (Å²) in [5, 5.41) is 1.53. The lowest BCUT2D eigenvalue weighted by atomic mass is 10.3. The third-order valence-electron chi connectivity index (χ3n) is 2.10. The molecule has 2 rings (SSSR count). The van der Waals surface area contributed by atoms with E-state index in [0.29, 0.717) is 5.90 Å². The highest BCUT2D eigenvalue weighted by Crippen LogP contribution is 2.12. The first kappa shape index (κ1) is 9.73. The topological polar surface area (TPSA) is 50.8 Å². The van der Waals surface area contributed by atoms with Gasteiger partial charge in [-0.2, -0.15) is 0 Å². The Morgan fingerprint density at radius 2 is 2.07 bits per heavy atom. The van der Waals surface area contributed by atoms with Crippen molar-refractivity contribution in [2.45, 2.75) is 13.1 Å². The van der Waals surface area contributed by atoms with Gasteiger partial charge in [-0.05, 0) is 19.1 Å². The van der Waals surface area contributed by atoms with E-state index in [0.717, 1.165) is 5.75 Å². The number of ether oxygens (including phenoxy) is 1. The molecule has 1 heterocycles. The van der Waals surface area contributed by atoms with Crippen LogP contribution < -0.4 is 10.6 Å². The molecule has 0 aliphatic carbocycles. The zero-order valence-electron chi connectivity index (χ0n) is 8.50. The highest BCUT2D eigenvalue weighted by molar-refractivity contribution is 5.90. The largest absolute Gasteiger partial charge is 0.439 e. The van der Waals surface area contributed by atoms with E-state index < -0.39 is 0 Å². The molecular formula is C11H13N3O. The van der Waals surface area contributed by atoms with Crippen molar-refractivity contribution < 1.29 is 4.74 Å². The summed E-state index contributed by atoms with van der Waals surface area (Å²) >= 11 is 0. The van der Waals surface area contributed by atoms with E-state index in [1.54, 1.807) is 12.3 Å². The Bertz CT molecular complexity index is 386. The molecule has 1 unspecified atom stereocenters. The zero-order chi connectivity index (χ0) is 10.7. The summed E-state index contributed by atoms with van der Waals surface area (Å²) in [6, 6.07) is 9.55. The molecule has 0 saturated heterocycles. The Morgan fingerprint density at radius 1 is 1.33 bits per heavy atom. The fourth-order valence-electron chi connectivity index (χ4n) is 1.24. The highest BCUT2D eigenvalue weighted by atomic mass is 16.5. The molecule has 4 nitrogen and oxygen atoms in total. The average molecular weight is 203 g/mol. The third-order valence-corrected chi connectivity index (χ3v) is 2.10. The van der Waals surface area contributed by atoms with Gasteiger partial charge in [-0.15, -0.1) is 0 Å². The van der Waals surface area contributed by atoms with E-state index in [-0.39, 0.29) is 6.17 Å². The molecule has 1 aromatic carbocycles. The number of nitrogens with two attached hydrogens (primary N) is 1. The van der Waals surface area contributed by atoms with Gasteiger partial charge >= 0.3 is 0 Å². The van der Waals surface area contributed by atoms with E-state index in [9.17, 15) is 0 Å². The first-order valence-corrected chi connectivity index (χ1v) is 4.77. The summed E-state index contributed by atoms with van der Waals surface area (Å²) in [5.74, 6) is 6.97. The second kappa shape index (κ2) is 4.14. The standard InChI is InChI=1S/C11H13N3O/c1-9-13-11(7-8-14(9)12)15-10-5-3-2-4-6-10/h2-9H,12H2,1H3. The summed E-state index contributed by atoms with van der Waals surface area (Å²) < 4.78 is 5.56. The van der Waals surface area contributed by atoms with Gasteiger partial charge in [-0.1, -0.05) is 18.2 Å². The average Bonchev–Trinajstić information content (AvgIpc) is 2.25. The first-order chi connectivity index (χ1) is 7.25. The minimum Gasteiger partial charge on any atom is -0.439 e. The number of para-hydroxylation sites is 1.